The zero-order chi connectivity index (χ0) is 25.8. The average molecular weight is 485 g/mol. The van der Waals surface area contributed by atoms with Gasteiger partial charge in [-0.1, -0.05) is 0 Å². The van der Waals surface area contributed by atoms with Gasteiger partial charge in [0.2, 0.25) is 5.75 Å². The second kappa shape index (κ2) is 10.6. The second-order valence-corrected chi connectivity index (χ2v) is 8.77. The molecule has 0 saturated carbocycles. The van der Waals surface area contributed by atoms with Crippen LogP contribution in [0.1, 0.15) is 26.3 Å². The highest BCUT2D eigenvalue weighted by Gasteiger charge is 2.32. The van der Waals surface area contributed by atoms with Gasteiger partial charge in [-0.05, 0) is 56.7 Å². The summed E-state index contributed by atoms with van der Waals surface area (Å²) in [5, 5.41) is 0. The molecule has 0 saturated heterocycles. The topological polar surface area (TPSA) is 86.8 Å². The molecule has 0 fully saturated rings. The molecule has 0 aliphatic carbocycles. The van der Waals surface area contributed by atoms with Crippen molar-refractivity contribution in [3.05, 3.63) is 42.0 Å². The molecular formula is C26H32N2O7. The lowest BCUT2D eigenvalue weighted by Crippen LogP contribution is -2.47. The maximum Gasteiger partial charge on any atom is 0.414 e. The van der Waals surface area contributed by atoms with Gasteiger partial charge in [0, 0.05) is 25.2 Å². The number of benzene rings is 2. The van der Waals surface area contributed by atoms with E-state index >= 15 is 0 Å². The smallest absolute Gasteiger partial charge is 0.414 e. The lowest BCUT2D eigenvalue weighted by atomic mass is 10.1. The molecule has 9 heteroatoms. The molecule has 0 bridgehead atoms. The predicted molar refractivity (Wildman–Crippen MR) is 134 cm³/mol. The van der Waals surface area contributed by atoms with Crippen LogP contribution in [0.5, 0.6) is 23.0 Å². The van der Waals surface area contributed by atoms with Crippen molar-refractivity contribution in [2.24, 2.45) is 0 Å². The minimum absolute atomic E-state index is 0.242. The van der Waals surface area contributed by atoms with Crippen LogP contribution in [0.3, 0.4) is 0 Å². The van der Waals surface area contributed by atoms with Gasteiger partial charge >= 0.3 is 6.09 Å². The van der Waals surface area contributed by atoms with Gasteiger partial charge in [-0.2, -0.15) is 0 Å². The minimum atomic E-state index is -0.647. The van der Waals surface area contributed by atoms with Crippen LogP contribution in [0.4, 0.5) is 16.2 Å². The standard InChI is InChI=1S/C26H32N2O7/c1-26(2,3)35-25(30)28-13-12-27(19-10-9-18(31-4)16-20(19)28)23(29)11-8-17-14-21(32-5)24(34-7)22(15-17)33-6/h8-11,14-16H,12-13H2,1-7H3. The Morgan fingerprint density at radius 1 is 0.829 bits per heavy atom. The molecule has 0 radical (unpaired) electrons. The van der Waals surface area contributed by atoms with Crippen molar-refractivity contribution in [3.8, 4) is 23.0 Å². The molecular weight excluding hydrogens is 452 g/mol. The molecule has 1 heterocycles. The summed E-state index contributed by atoms with van der Waals surface area (Å²) in [5.74, 6) is 1.78. The summed E-state index contributed by atoms with van der Waals surface area (Å²) in [6.45, 7) is 6.01. The zero-order valence-electron chi connectivity index (χ0n) is 21.2. The molecule has 3 rings (SSSR count). The molecule has 2 amide bonds. The maximum atomic E-state index is 13.2. The first kappa shape index (κ1) is 25.7. The highest BCUT2D eigenvalue weighted by atomic mass is 16.6. The number of hydrogen-bond donors (Lipinski definition) is 0. The number of carbonyl (C=O) groups excluding carboxylic acids is 2. The van der Waals surface area contributed by atoms with Crippen LogP contribution < -0.4 is 28.7 Å². The summed E-state index contributed by atoms with van der Waals surface area (Å²) in [4.78, 5) is 29.2. The van der Waals surface area contributed by atoms with Crippen LogP contribution in [0.2, 0.25) is 0 Å². The van der Waals surface area contributed by atoms with Crippen LogP contribution >= 0.6 is 0 Å². The van der Waals surface area contributed by atoms with E-state index in [0.29, 0.717) is 46.5 Å². The lowest BCUT2D eigenvalue weighted by molar-refractivity contribution is -0.114. The highest BCUT2D eigenvalue weighted by Crippen LogP contribution is 2.39. The summed E-state index contributed by atoms with van der Waals surface area (Å²) >= 11 is 0. The zero-order valence-corrected chi connectivity index (χ0v) is 21.2. The van der Waals surface area contributed by atoms with Gasteiger partial charge in [0.25, 0.3) is 5.91 Å². The van der Waals surface area contributed by atoms with Crippen molar-refractivity contribution >= 4 is 29.5 Å². The maximum absolute atomic E-state index is 13.2. The van der Waals surface area contributed by atoms with Crippen LogP contribution in [-0.4, -0.2) is 59.1 Å². The molecule has 1 aliphatic heterocycles. The van der Waals surface area contributed by atoms with E-state index in [2.05, 4.69) is 0 Å². The quantitative estimate of drug-likeness (QED) is 0.557. The molecule has 2 aromatic carbocycles. The number of fused-ring (bicyclic) bond motifs is 1. The Morgan fingerprint density at radius 3 is 2.00 bits per heavy atom. The number of hydrogen-bond acceptors (Lipinski definition) is 7. The number of methoxy groups -OCH3 is 4. The number of rotatable bonds is 6. The molecule has 1 aliphatic rings. The van der Waals surface area contributed by atoms with Gasteiger partial charge in [-0.25, -0.2) is 4.79 Å². The van der Waals surface area contributed by atoms with Crippen molar-refractivity contribution in [1.82, 2.24) is 0 Å². The molecule has 0 spiro atoms. The SMILES string of the molecule is COc1ccc2c(c1)N(C(=O)OC(C)(C)C)CCN2C(=O)C=Cc1cc(OC)c(OC)c(OC)c1. The summed E-state index contributed by atoms with van der Waals surface area (Å²) in [7, 11) is 6.14. The second-order valence-electron chi connectivity index (χ2n) is 8.77. The van der Waals surface area contributed by atoms with Crippen molar-refractivity contribution < 1.29 is 33.3 Å². The Hall–Kier alpha value is -3.88. The number of nitrogens with zero attached hydrogens (tertiary/aromatic N) is 2. The first-order valence-electron chi connectivity index (χ1n) is 11.1. The number of ether oxygens (including phenoxy) is 5. The summed E-state index contributed by atoms with van der Waals surface area (Å²) in [6, 6.07) is 8.74. The summed E-state index contributed by atoms with van der Waals surface area (Å²) in [6.07, 6.45) is 2.67. The van der Waals surface area contributed by atoms with E-state index in [4.69, 9.17) is 23.7 Å². The monoisotopic (exact) mass is 484 g/mol. The van der Waals surface area contributed by atoms with Gasteiger partial charge in [0.05, 0.1) is 39.8 Å². The number of carbonyl (C=O) groups is 2. The first-order valence-corrected chi connectivity index (χ1v) is 11.1. The molecule has 2 aromatic rings. The summed E-state index contributed by atoms with van der Waals surface area (Å²) in [5.41, 5.74) is 1.18. The van der Waals surface area contributed by atoms with Gasteiger partial charge in [-0.15, -0.1) is 0 Å². The Morgan fingerprint density at radius 2 is 1.46 bits per heavy atom. The number of amides is 2. The van der Waals surface area contributed by atoms with Crippen molar-refractivity contribution in [2.75, 3.05) is 51.3 Å². The lowest BCUT2D eigenvalue weighted by Gasteiger charge is -2.37. The third-order valence-electron chi connectivity index (χ3n) is 5.30. The van der Waals surface area contributed by atoms with Crippen molar-refractivity contribution in [3.63, 3.8) is 0 Å². The van der Waals surface area contributed by atoms with E-state index in [1.807, 2.05) is 20.8 Å². The van der Waals surface area contributed by atoms with E-state index in [1.165, 1.54) is 32.3 Å². The highest BCUT2D eigenvalue weighted by molar-refractivity contribution is 6.08. The predicted octanol–water partition coefficient (Wildman–Crippen LogP) is 4.52. The van der Waals surface area contributed by atoms with Crippen LogP contribution in [0.15, 0.2) is 36.4 Å². The van der Waals surface area contributed by atoms with E-state index in [1.54, 1.807) is 48.4 Å². The Kier molecular flexibility index (Phi) is 7.78. The largest absolute Gasteiger partial charge is 0.497 e. The molecule has 9 nitrogen and oxygen atoms in total. The summed E-state index contributed by atoms with van der Waals surface area (Å²) < 4.78 is 27.0. The minimum Gasteiger partial charge on any atom is -0.497 e. The number of anilines is 2. The fraction of sp³-hybridized carbons (Fsp3) is 0.385. The molecule has 0 N–H and O–H groups in total. The molecule has 0 aromatic heterocycles. The van der Waals surface area contributed by atoms with Gasteiger partial charge in [0.15, 0.2) is 11.5 Å². The van der Waals surface area contributed by atoms with E-state index in [-0.39, 0.29) is 12.5 Å². The first-order chi connectivity index (χ1) is 16.6. The Balaban J connectivity index is 1.91. The normalized spacial score (nSPS) is 13.3. The molecule has 0 atom stereocenters. The third-order valence-corrected chi connectivity index (χ3v) is 5.30. The van der Waals surface area contributed by atoms with Crippen LogP contribution in [0.25, 0.3) is 6.08 Å². The van der Waals surface area contributed by atoms with Gasteiger partial charge in [0.1, 0.15) is 11.4 Å². The molecule has 35 heavy (non-hydrogen) atoms. The van der Waals surface area contributed by atoms with E-state index < -0.39 is 11.7 Å². The van der Waals surface area contributed by atoms with Crippen molar-refractivity contribution in [2.45, 2.75) is 26.4 Å². The fourth-order valence-electron chi connectivity index (χ4n) is 3.71. The molecule has 188 valence electrons. The third kappa shape index (κ3) is 5.79. The van der Waals surface area contributed by atoms with Crippen LogP contribution in [-0.2, 0) is 9.53 Å². The van der Waals surface area contributed by atoms with E-state index in [9.17, 15) is 9.59 Å². The molecule has 0 unspecified atom stereocenters. The van der Waals surface area contributed by atoms with Gasteiger partial charge < -0.3 is 28.6 Å². The van der Waals surface area contributed by atoms with Crippen LogP contribution in [0, 0.1) is 0 Å². The van der Waals surface area contributed by atoms with E-state index in [0.717, 1.165) is 0 Å². The van der Waals surface area contributed by atoms with Gasteiger partial charge in [-0.3, -0.25) is 9.69 Å². The Bertz CT molecular complexity index is 1100. The Labute approximate surface area is 205 Å². The fourth-order valence-corrected chi connectivity index (χ4v) is 3.71. The average Bonchev–Trinajstić information content (AvgIpc) is 2.84. The van der Waals surface area contributed by atoms with Crippen molar-refractivity contribution in [1.29, 1.82) is 0 Å².